The molecular formula is C16H22FN3O2S. The molecule has 1 heterocycles. The van der Waals surface area contributed by atoms with Crippen LogP contribution in [-0.4, -0.2) is 46.8 Å². The van der Waals surface area contributed by atoms with Crippen molar-refractivity contribution in [2.24, 2.45) is 5.73 Å². The van der Waals surface area contributed by atoms with Crippen LogP contribution in [0.15, 0.2) is 24.3 Å². The number of nitrogens with one attached hydrogen (secondary N) is 1. The van der Waals surface area contributed by atoms with Gasteiger partial charge in [-0.25, -0.2) is 4.39 Å². The fourth-order valence-electron chi connectivity index (χ4n) is 2.47. The maximum atomic E-state index is 12.8. The molecule has 126 valence electrons. The number of nitrogens with zero attached hydrogens (tertiary/aromatic N) is 1. The van der Waals surface area contributed by atoms with Crippen molar-refractivity contribution in [3.8, 4) is 0 Å². The smallest absolute Gasteiger partial charge is 0.235 e. The van der Waals surface area contributed by atoms with E-state index in [-0.39, 0.29) is 34.7 Å². The Hall–Kier alpha value is -1.60. The van der Waals surface area contributed by atoms with Crippen LogP contribution < -0.4 is 11.1 Å². The first-order valence-electron chi connectivity index (χ1n) is 7.67. The van der Waals surface area contributed by atoms with E-state index in [0.29, 0.717) is 12.2 Å². The highest BCUT2D eigenvalue weighted by molar-refractivity contribution is 8.01. The predicted molar refractivity (Wildman–Crippen MR) is 90.7 cm³/mol. The number of thioether (sulfide) groups is 1. The molecule has 0 spiro atoms. The van der Waals surface area contributed by atoms with Gasteiger partial charge in [0.25, 0.3) is 0 Å². The number of amides is 2. The first-order valence-corrected chi connectivity index (χ1v) is 8.72. The van der Waals surface area contributed by atoms with Crippen LogP contribution >= 0.6 is 11.8 Å². The Balaban J connectivity index is 1.76. The maximum Gasteiger partial charge on any atom is 0.235 e. The van der Waals surface area contributed by atoms with Crippen LogP contribution in [-0.2, 0) is 9.59 Å². The highest BCUT2D eigenvalue weighted by Gasteiger charge is 2.25. The van der Waals surface area contributed by atoms with Crippen molar-refractivity contribution < 1.29 is 14.0 Å². The van der Waals surface area contributed by atoms with Crippen molar-refractivity contribution >= 4 is 29.3 Å². The standard InChI is InChI=1S/C16H22FN3O2S/c1-11(16(22)20-8-2-3-13(18)9-20)23-10-15(21)19-14-6-4-12(17)5-7-14/h4-7,11,13H,2-3,8-10,18H2,1H3,(H,19,21). The predicted octanol–water partition coefficient (Wildman–Crippen LogP) is 1.84. The van der Waals surface area contributed by atoms with Crippen LogP contribution in [0.2, 0.25) is 0 Å². The van der Waals surface area contributed by atoms with Gasteiger partial charge in [-0.2, -0.15) is 0 Å². The number of hydrogen-bond acceptors (Lipinski definition) is 4. The molecule has 0 saturated carbocycles. The number of piperidine rings is 1. The van der Waals surface area contributed by atoms with Gasteiger partial charge in [0.2, 0.25) is 11.8 Å². The molecule has 0 aromatic heterocycles. The van der Waals surface area contributed by atoms with Crippen molar-refractivity contribution in [3.63, 3.8) is 0 Å². The van der Waals surface area contributed by atoms with E-state index in [1.807, 2.05) is 0 Å². The highest BCUT2D eigenvalue weighted by Crippen LogP contribution is 2.17. The lowest BCUT2D eigenvalue weighted by molar-refractivity contribution is -0.131. The third-order valence-electron chi connectivity index (χ3n) is 3.71. The van der Waals surface area contributed by atoms with Crippen LogP contribution in [0.4, 0.5) is 10.1 Å². The SMILES string of the molecule is CC(SCC(=O)Nc1ccc(F)cc1)C(=O)N1CCCC(N)C1. The molecule has 0 bridgehead atoms. The van der Waals surface area contributed by atoms with E-state index in [2.05, 4.69) is 5.32 Å². The van der Waals surface area contributed by atoms with Gasteiger partial charge < -0.3 is 16.0 Å². The number of likely N-dealkylation sites (tertiary alicyclic amines) is 1. The molecule has 7 heteroatoms. The van der Waals surface area contributed by atoms with Crippen molar-refractivity contribution in [3.05, 3.63) is 30.1 Å². The van der Waals surface area contributed by atoms with E-state index in [4.69, 9.17) is 5.73 Å². The Morgan fingerprint density at radius 2 is 2.13 bits per heavy atom. The summed E-state index contributed by atoms with van der Waals surface area (Å²) in [6, 6.07) is 5.62. The van der Waals surface area contributed by atoms with Gasteiger partial charge in [-0.1, -0.05) is 0 Å². The molecule has 2 amide bonds. The third-order valence-corrected chi connectivity index (χ3v) is 4.84. The zero-order valence-electron chi connectivity index (χ0n) is 13.1. The van der Waals surface area contributed by atoms with E-state index in [1.54, 1.807) is 11.8 Å². The molecule has 1 aromatic rings. The molecule has 23 heavy (non-hydrogen) atoms. The zero-order chi connectivity index (χ0) is 16.8. The Morgan fingerprint density at radius 3 is 2.78 bits per heavy atom. The number of hydrogen-bond donors (Lipinski definition) is 2. The molecule has 0 aliphatic carbocycles. The summed E-state index contributed by atoms with van der Waals surface area (Å²) in [6.45, 7) is 3.13. The lowest BCUT2D eigenvalue weighted by atomic mass is 10.1. The Labute approximate surface area is 139 Å². The van der Waals surface area contributed by atoms with E-state index in [0.717, 1.165) is 19.4 Å². The zero-order valence-corrected chi connectivity index (χ0v) is 13.9. The van der Waals surface area contributed by atoms with Gasteiger partial charge in [0, 0.05) is 24.8 Å². The van der Waals surface area contributed by atoms with Gasteiger partial charge in [-0.05, 0) is 44.0 Å². The van der Waals surface area contributed by atoms with Gasteiger partial charge in [-0.3, -0.25) is 9.59 Å². The number of carbonyl (C=O) groups excluding carboxylic acids is 2. The third kappa shape index (κ3) is 5.51. The summed E-state index contributed by atoms with van der Waals surface area (Å²) in [5, 5.41) is 2.39. The van der Waals surface area contributed by atoms with Gasteiger partial charge in [0.1, 0.15) is 5.82 Å². The Kier molecular flexibility index (Phi) is 6.41. The van der Waals surface area contributed by atoms with Crippen molar-refractivity contribution in [1.82, 2.24) is 4.90 Å². The number of carbonyl (C=O) groups is 2. The monoisotopic (exact) mass is 339 g/mol. The van der Waals surface area contributed by atoms with Gasteiger partial charge in [0.15, 0.2) is 0 Å². The number of nitrogens with two attached hydrogens (primary N) is 1. The molecule has 1 fully saturated rings. The van der Waals surface area contributed by atoms with Crippen LogP contribution in [0.25, 0.3) is 0 Å². The fraction of sp³-hybridized carbons (Fsp3) is 0.500. The molecule has 1 aliphatic heterocycles. The topological polar surface area (TPSA) is 75.4 Å². The Bertz CT molecular complexity index is 553. The van der Waals surface area contributed by atoms with Crippen molar-refractivity contribution in [2.75, 3.05) is 24.2 Å². The van der Waals surface area contributed by atoms with Gasteiger partial charge in [-0.15, -0.1) is 11.8 Å². The first kappa shape index (κ1) is 17.7. The quantitative estimate of drug-likeness (QED) is 0.858. The second kappa shape index (κ2) is 8.31. The largest absolute Gasteiger partial charge is 0.340 e. The van der Waals surface area contributed by atoms with Crippen LogP contribution in [0, 0.1) is 5.82 Å². The van der Waals surface area contributed by atoms with Crippen LogP contribution in [0.5, 0.6) is 0 Å². The van der Waals surface area contributed by atoms with E-state index >= 15 is 0 Å². The molecule has 1 saturated heterocycles. The summed E-state index contributed by atoms with van der Waals surface area (Å²) in [7, 11) is 0. The number of benzene rings is 1. The van der Waals surface area contributed by atoms with E-state index in [9.17, 15) is 14.0 Å². The average molecular weight is 339 g/mol. The molecular weight excluding hydrogens is 317 g/mol. The summed E-state index contributed by atoms with van der Waals surface area (Å²) in [6.07, 6.45) is 1.88. The maximum absolute atomic E-state index is 12.8. The summed E-state index contributed by atoms with van der Waals surface area (Å²) >= 11 is 1.29. The fourth-order valence-corrected chi connectivity index (χ4v) is 3.23. The van der Waals surface area contributed by atoms with Crippen molar-refractivity contribution in [2.45, 2.75) is 31.1 Å². The minimum atomic E-state index is -0.351. The second-order valence-corrected chi connectivity index (χ2v) is 7.02. The number of rotatable bonds is 5. The van der Waals surface area contributed by atoms with Gasteiger partial charge >= 0.3 is 0 Å². The van der Waals surface area contributed by atoms with Gasteiger partial charge in [0.05, 0.1) is 11.0 Å². The lowest BCUT2D eigenvalue weighted by Gasteiger charge is -2.32. The normalized spacial score (nSPS) is 19.3. The van der Waals surface area contributed by atoms with E-state index in [1.165, 1.54) is 36.0 Å². The van der Waals surface area contributed by atoms with Crippen molar-refractivity contribution in [1.29, 1.82) is 0 Å². The van der Waals surface area contributed by atoms with Crippen LogP contribution in [0.3, 0.4) is 0 Å². The van der Waals surface area contributed by atoms with E-state index < -0.39 is 0 Å². The summed E-state index contributed by atoms with van der Waals surface area (Å²) in [5.41, 5.74) is 6.43. The van der Waals surface area contributed by atoms with Crippen LogP contribution in [0.1, 0.15) is 19.8 Å². The second-order valence-electron chi connectivity index (χ2n) is 5.69. The highest BCUT2D eigenvalue weighted by atomic mass is 32.2. The first-order chi connectivity index (χ1) is 11.0. The molecule has 0 radical (unpaired) electrons. The molecule has 2 unspecified atom stereocenters. The molecule has 2 atom stereocenters. The molecule has 5 nitrogen and oxygen atoms in total. The average Bonchev–Trinajstić information content (AvgIpc) is 2.54. The minimum Gasteiger partial charge on any atom is -0.340 e. The summed E-state index contributed by atoms with van der Waals surface area (Å²) < 4.78 is 12.8. The number of halogens is 1. The minimum absolute atomic E-state index is 0.0275. The molecule has 2 rings (SSSR count). The lowest BCUT2D eigenvalue weighted by Crippen LogP contribution is -2.48. The molecule has 1 aromatic carbocycles. The molecule has 1 aliphatic rings. The molecule has 3 N–H and O–H groups in total. The Morgan fingerprint density at radius 1 is 1.43 bits per heavy atom. The number of anilines is 1. The summed E-state index contributed by atoms with van der Waals surface area (Å²) in [4.78, 5) is 26.0. The summed E-state index contributed by atoms with van der Waals surface area (Å²) in [5.74, 6) is -0.364.